The van der Waals surface area contributed by atoms with E-state index in [0.29, 0.717) is 59.3 Å². The molecule has 3 atom stereocenters. The van der Waals surface area contributed by atoms with Gasteiger partial charge in [0.2, 0.25) is 5.91 Å². The molecule has 7 rings (SSSR count). The number of hydrogen-bond acceptors (Lipinski definition) is 8. The Morgan fingerprint density at radius 3 is 2.35 bits per heavy atom. The van der Waals surface area contributed by atoms with Crippen molar-refractivity contribution in [3.05, 3.63) is 94.9 Å². The summed E-state index contributed by atoms with van der Waals surface area (Å²) in [5.41, 5.74) is 3.22. The fourth-order valence-electron chi connectivity index (χ4n) is 7.20. The van der Waals surface area contributed by atoms with Crippen molar-refractivity contribution < 1.29 is 38.2 Å². The van der Waals surface area contributed by atoms with Gasteiger partial charge < -0.3 is 24.5 Å². The standard InChI is InChI=1S/C36H34N4O8/c41-31(32-38-26-13-5-6-14-28(26)48-32)37-17-19-47-29-15-7-8-21-16-18-39(33(42)24-11-3-4-12-25(24)36(45)46)27(30(21)29)20-40-34(43)22-9-1-2-10-23(22)35(40)44/h1-2,5-10,13-15,24-25,27H,3-4,11-12,16-20H2,(H,37,41)(H,45,46)/t24-,25+,27-/m1/s1. The number of para-hydroxylation sites is 2. The molecule has 1 saturated carbocycles. The second-order valence-corrected chi connectivity index (χ2v) is 12.3. The van der Waals surface area contributed by atoms with Gasteiger partial charge in [0.25, 0.3) is 17.7 Å². The van der Waals surface area contributed by atoms with Gasteiger partial charge in [0, 0.05) is 12.1 Å². The number of carbonyl (C=O) groups excluding carboxylic acids is 4. The highest BCUT2D eigenvalue weighted by atomic mass is 16.5. The lowest BCUT2D eigenvalue weighted by atomic mass is 9.77. The van der Waals surface area contributed by atoms with E-state index in [0.717, 1.165) is 23.3 Å². The van der Waals surface area contributed by atoms with Gasteiger partial charge in [-0.25, -0.2) is 4.98 Å². The maximum absolute atomic E-state index is 14.3. The van der Waals surface area contributed by atoms with Gasteiger partial charge in [0.15, 0.2) is 5.58 Å². The molecule has 12 heteroatoms. The summed E-state index contributed by atoms with van der Waals surface area (Å²) in [5, 5.41) is 12.7. The first kappa shape index (κ1) is 31.1. The van der Waals surface area contributed by atoms with E-state index in [-0.39, 0.29) is 31.5 Å². The van der Waals surface area contributed by atoms with Crippen molar-refractivity contribution in [3.8, 4) is 5.75 Å². The molecule has 0 radical (unpaired) electrons. The van der Waals surface area contributed by atoms with Crippen LogP contribution >= 0.6 is 0 Å². The Balaban J connectivity index is 1.15. The summed E-state index contributed by atoms with van der Waals surface area (Å²) >= 11 is 0. The summed E-state index contributed by atoms with van der Waals surface area (Å²) < 4.78 is 11.8. The van der Waals surface area contributed by atoms with Crippen molar-refractivity contribution in [2.75, 3.05) is 26.2 Å². The molecule has 3 heterocycles. The van der Waals surface area contributed by atoms with E-state index < -0.39 is 41.6 Å². The lowest BCUT2D eigenvalue weighted by molar-refractivity contribution is -0.153. The molecule has 0 bridgehead atoms. The van der Waals surface area contributed by atoms with Crippen LogP contribution in [-0.4, -0.2) is 75.7 Å². The first-order valence-corrected chi connectivity index (χ1v) is 16.2. The number of nitrogens with zero attached hydrogens (tertiary/aromatic N) is 3. The molecule has 0 spiro atoms. The highest BCUT2D eigenvalue weighted by Crippen LogP contribution is 2.41. The van der Waals surface area contributed by atoms with E-state index in [2.05, 4.69) is 10.3 Å². The predicted octanol–water partition coefficient (Wildman–Crippen LogP) is 4.25. The van der Waals surface area contributed by atoms with E-state index in [1.165, 1.54) is 0 Å². The maximum atomic E-state index is 14.3. The molecule has 4 aromatic rings. The van der Waals surface area contributed by atoms with Crippen LogP contribution in [0.2, 0.25) is 0 Å². The van der Waals surface area contributed by atoms with Crippen molar-refractivity contribution in [2.45, 2.75) is 38.1 Å². The number of rotatable bonds is 9. The number of fused-ring (bicyclic) bond motifs is 3. The van der Waals surface area contributed by atoms with E-state index in [1.54, 1.807) is 59.5 Å². The average Bonchev–Trinajstić information content (AvgIpc) is 3.65. The number of aromatic nitrogens is 1. The first-order valence-electron chi connectivity index (χ1n) is 16.2. The average molecular weight is 651 g/mol. The highest BCUT2D eigenvalue weighted by molar-refractivity contribution is 6.21. The molecule has 1 aliphatic carbocycles. The number of nitrogens with one attached hydrogen (secondary N) is 1. The Morgan fingerprint density at radius 2 is 1.62 bits per heavy atom. The zero-order valence-corrected chi connectivity index (χ0v) is 26.1. The number of oxazole rings is 1. The van der Waals surface area contributed by atoms with Crippen LogP contribution in [0.3, 0.4) is 0 Å². The summed E-state index contributed by atoms with van der Waals surface area (Å²) in [7, 11) is 0. The minimum Gasteiger partial charge on any atom is -0.491 e. The molecule has 12 nitrogen and oxygen atoms in total. The molecule has 2 aliphatic heterocycles. The Bertz CT molecular complexity index is 1870. The van der Waals surface area contributed by atoms with E-state index in [4.69, 9.17) is 9.15 Å². The number of hydrogen-bond donors (Lipinski definition) is 2. The largest absolute Gasteiger partial charge is 0.491 e. The minimum atomic E-state index is -0.994. The second kappa shape index (κ2) is 12.9. The van der Waals surface area contributed by atoms with Gasteiger partial charge in [0.1, 0.15) is 17.9 Å². The van der Waals surface area contributed by atoms with Gasteiger partial charge in [-0.2, -0.15) is 0 Å². The van der Waals surface area contributed by atoms with Crippen LogP contribution in [0.15, 0.2) is 71.1 Å². The van der Waals surface area contributed by atoms with Crippen molar-refractivity contribution in [3.63, 3.8) is 0 Å². The molecule has 246 valence electrons. The van der Waals surface area contributed by atoms with Crippen molar-refractivity contribution in [1.82, 2.24) is 20.1 Å². The lowest BCUT2D eigenvalue weighted by Crippen LogP contribution is -2.50. The zero-order chi connectivity index (χ0) is 33.4. The Hall–Kier alpha value is -5.52. The van der Waals surface area contributed by atoms with Gasteiger partial charge in [-0.15, -0.1) is 0 Å². The molecule has 0 saturated heterocycles. The number of carboxylic acids is 1. The van der Waals surface area contributed by atoms with E-state index in [9.17, 15) is 29.1 Å². The van der Waals surface area contributed by atoms with Crippen LogP contribution in [0, 0.1) is 11.8 Å². The summed E-state index contributed by atoms with van der Waals surface area (Å²) in [4.78, 5) is 73.2. The molecule has 0 unspecified atom stereocenters. The fourth-order valence-corrected chi connectivity index (χ4v) is 7.20. The zero-order valence-electron chi connectivity index (χ0n) is 26.1. The van der Waals surface area contributed by atoms with Crippen molar-refractivity contribution in [1.29, 1.82) is 0 Å². The van der Waals surface area contributed by atoms with Crippen LogP contribution < -0.4 is 10.1 Å². The molecule has 4 amide bonds. The van der Waals surface area contributed by atoms with Crippen LogP contribution in [-0.2, 0) is 16.0 Å². The van der Waals surface area contributed by atoms with Gasteiger partial charge >= 0.3 is 11.9 Å². The van der Waals surface area contributed by atoms with E-state index >= 15 is 0 Å². The molecular formula is C36H34N4O8. The topological polar surface area (TPSA) is 159 Å². The van der Waals surface area contributed by atoms with Crippen LogP contribution in [0.1, 0.15) is 74.3 Å². The van der Waals surface area contributed by atoms with E-state index in [1.807, 2.05) is 12.1 Å². The number of carbonyl (C=O) groups is 5. The van der Waals surface area contributed by atoms with Gasteiger partial charge in [-0.1, -0.05) is 49.2 Å². The molecule has 2 N–H and O–H groups in total. The van der Waals surface area contributed by atoms with Crippen LogP contribution in [0.4, 0.5) is 0 Å². The van der Waals surface area contributed by atoms with Crippen LogP contribution in [0.25, 0.3) is 11.1 Å². The third-order valence-electron chi connectivity index (χ3n) is 9.54. The number of carboxylic acid groups (broad SMARTS) is 1. The molecule has 3 aromatic carbocycles. The van der Waals surface area contributed by atoms with Crippen molar-refractivity contribution >= 4 is 40.7 Å². The monoisotopic (exact) mass is 650 g/mol. The third-order valence-corrected chi connectivity index (χ3v) is 9.54. The minimum absolute atomic E-state index is 0.0640. The Morgan fingerprint density at radius 1 is 0.917 bits per heavy atom. The normalized spacial score (nSPS) is 20.4. The quantitative estimate of drug-likeness (QED) is 0.199. The second-order valence-electron chi connectivity index (χ2n) is 12.3. The smallest absolute Gasteiger partial charge is 0.307 e. The molecule has 3 aliphatic rings. The third kappa shape index (κ3) is 5.67. The number of ether oxygens (including phenoxy) is 1. The Labute approximate surface area is 275 Å². The Kier molecular flexibility index (Phi) is 8.38. The molecule has 1 aromatic heterocycles. The maximum Gasteiger partial charge on any atom is 0.307 e. The highest BCUT2D eigenvalue weighted by Gasteiger charge is 2.45. The fraction of sp³-hybridized carbons (Fsp3) is 0.333. The SMILES string of the molecule is O=C(NCCOc1cccc2c1[C@@H](CN1C(=O)c3ccccc3C1=O)N(C(=O)[C@@H]1CCCC[C@@H]1C(=O)O)CC2)c1nc2ccccc2o1. The summed E-state index contributed by atoms with van der Waals surface area (Å²) in [6, 6.07) is 18.4. The lowest BCUT2D eigenvalue weighted by Gasteiger charge is -2.42. The van der Waals surface area contributed by atoms with Crippen LogP contribution in [0.5, 0.6) is 5.75 Å². The summed E-state index contributed by atoms with van der Waals surface area (Å²) in [6.45, 7) is 0.367. The number of aliphatic carboxylic acids is 1. The number of imide groups is 1. The molecular weight excluding hydrogens is 616 g/mol. The van der Waals surface area contributed by atoms with Gasteiger partial charge in [-0.05, 0) is 55.2 Å². The number of benzene rings is 3. The van der Waals surface area contributed by atoms with Gasteiger partial charge in [0.05, 0.1) is 42.1 Å². The summed E-state index contributed by atoms with van der Waals surface area (Å²) in [5.74, 6) is -3.81. The predicted molar refractivity (Wildman–Crippen MR) is 171 cm³/mol. The summed E-state index contributed by atoms with van der Waals surface area (Å²) in [6.07, 6.45) is 2.84. The first-order chi connectivity index (χ1) is 23.3. The van der Waals surface area contributed by atoms with Crippen molar-refractivity contribution in [2.24, 2.45) is 11.8 Å². The van der Waals surface area contributed by atoms with Gasteiger partial charge in [-0.3, -0.25) is 28.9 Å². The number of amides is 4. The molecule has 48 heavy (non-hydrogen) atoms. The molecule has 1 fully saturated rings.